The Hall–Kier alpha value is -3.20. The van der Waals surface area contributed by atoms with E-state index in [-0.39, 0.29) is 16.7 Å². The van der Waals surface area contributed by atoms with Gasteiger partial charge in [-0.05, 0) is 111 Å². The third kappa shape index (κ3) is 4.01. The first-order valence-corrected chi connectivity index (χ1v) is 17.5. The molecule has 0 fully saturated rings. The molecule has 4 aromatic rings. The summed E-state index contributed by atoms with van der Waals surface area (Å²) in [5, 5.41) is 28.0. The van der Waals surface area contributed by atoms with Crippen molar-refractivity contribution in [3.05, 3.63) is 106 Å². The molecule has 0 aliphatic heterocycles. The molecule has 0 saturated heterocycles. The van der Waals surface area contributed by atoms with Crippen molar-refractivity contribution in [3.8, 4) is 11.1 Å². The van der Waals surface area contributed by atoms with Crippen LogP contribution in [0.25, 0.3) is 32.7 Å². The summed E-state index contributed by atoms with van der Waals surface area (Å²) in [6.45, 7) is 17.9. The molecule has 45 heavy (non-hydrogen) atoms. The highest BCUT2D eigenvalue weighted by Gasteiger charge is 2.51. The third-order valence-corrected chi connectivity index (χ3v) is 12.2. The molecule has 0 aromatic heterocycles. The molecule has 3 aliphatic rings. The molecule has 4 aromatic carbocycles. The lowest BCUT2D eigenvalue weighted by atomic mass is 9.64. The zero-order chi connectivity index (χ0) is 32.1. The summed E-state index contributed by atoms with van der Waals surface area (Å²) in [6, 6.07) is 20.2. The Kier molecular flexibility index (Phi) is 7.04. The fourth-order valence-corrected chi connectivity index (χ4v) is 9.45. The van der Waals surface area contributed by atoms with Crippen LogP contribution in [0.4, 0.5) is 0 Å². The first kappa shape index (κ1) is 30.5. The Morgan fingerprint density at radius 3 is 2.11 bits per heavy atom. The average Bonchev–Trinajstić information content (AvgIpc) is 3.30. The van der Waals surface area contributed by atoms with Crippen molar-refractivity contribution in [2.75, 3.05) is 0 Å². The quantitative estimate of drug-likeness (QED) is 0.198. The van der Waals surface area contributed by atoms with Crippen LogP contribution in [0.1, 0.15) is 115 Å². The molecule has 1 unspecified atom stereocenters. The number of aliphatic hydroxyl groups is 2. The SMILES string of the molecule is CCC(CC)C1=CC2(CC(C(CC)CC)=C1)c1ccc3cccc4c3c1-c1c(cc3c(C(O)(O)C(C)C)cccc3c12)C4(C)C. The average molecular weight is 599 g/mol. The number of fused-ring (bicyclic) bond motifs is 4. The second-order valence-electron chi connectivity index (χ2n) is 15.0. The maximum Gasteiger partial charge on any atom is 0.192 e. The zero-order valence-electron chi connectivity index (χ0n) is 28.5. The molecule has 0 heterocycles. The fraction of sp³-hybridized carbons (Fsp3) is 0.442. The molecule has 1 atom stereocenters. The van der Waals surface area contributed by atoms with E-state index in [9.17, 15) is 10.2 Å². The lowest BCUT2D eigenvalue weighted by Crippen LogP contribution is -2.32. The smallest absolute Gasteiger partial charge is 0.192 e. The minimum Gasteiger partial charge on any atom is -0.362 e. The first-order chi connectivity index (χ1) is 21.5. The molecule has 0 bridgehead atoms. The Balaban J connectivity index is 1.70. The van der Waals surface area contributed by atoms with Crippen molar-refractivity contribution >= 4 is 21.5 Å². The van der Waals surface area contributed by atoms with E-state index in [4.69, 9.17) is 0 Å². The highest BCUT2D eigenvalue weighted by atomic mass is 16.5. The molecule has 0 amide bonds. The number of allylic oxidation sites excluding steroid dienone is 4. The molecule has 2 N–H and O–H groups in total. The first-order valence-electron chi connectivity index (χ1n) is 17.5. The van der Waals surface area contributed by atoms with Gasteiger partial charge in [0.15, 0.2) is 5.79 Å². The summed E-state index contributed by atoms with van der Waals surface area (Å²) in [6.07, 6.45) is 10.7. The molecule has 234 valence electrons. The van der Waals surface area contributed by atoms with Gasteiger partial charge >= 0.3 is 0 Å². The predicted molar refractivity (Wildman–Crippen MR) is 190 cm³/mol. The topological polar surface area (TPSA) is 40.5 Å². The van der Waals surface area contributed by atoms with Crippen LogP contribution in [0.3, 0.4) is 0 Å². The van der Waals surface area contributed by atoms with E-state index >= 15 is 0 Å². The van der Waals surface area contributed by atoms with Gasteiger partial charge in [-0.2, -0.15) is 0 Å². The van der Waals surface area contributed by atoms with Crippen molar-refractivity contribution < 1.29 is 10.2 Å². The molecule has 7 rings (SSSR count). The van der Waals surface area contributed by atoms with Crippen molar-refractivity contribution in [1.82, 2.24) is 0 Å². The van der Waals surface area contributed by atoms with E-state index in [0.717, 1.165) is 42.9 Å². The second-order valence-corrected chi connectivity index (χ2v) is 15.0. The van der Waals surface area contributed by atoms with Crippen LogP contribution in [-0.2, 0) is 16.6 Å². The monoisotopic (exact) mass is 598 g/mol. The van der Waals surface area contributed by atoms with Crippen molar-refractivity contribution in [2.24, 2.45) is 17.8 Å². The number of benzene rings is 4. The van der Waals surface area contributed by atoms with Gasteiger partial charge in [-0.25, -0.2) is 0 Å². The minimum atomic E-state index is -1.94. The Bertz CT molecular complexity index is 1910. The molecule has 1 spiro atoms. The standard InChI is InChI=1S/C43H50O2/c1-9-26(10-2)29-21-30(27(11-3)12-4)24-42(23-29)35-20-19-28-15-13-18-34-37(28)38(35)39-36(41(34,7)8)22-32-31(40(39)42)16-14-17-33(32)43(44,45)25(5)6/h13-23,25-27,44-45H,9-12,24H2,1-8H3. The molecule has 0 radical (unpaired) electrons. The van der Waals surface area contributed by atoms with Gasteiger partial charge in [-0.1, -0.05) is 122 Å². The normalized spacial score (nSPS) is 19.8. The summed E-state index contributed by atoms with van der Waals surface area (Å²) in [7, 11) is 0. The zero-order valence-corrected chi connectivity index (χ0v) is 28.5. The Labute approximate surface area is 269 Å². The van der Waals surface area contributed by atoms with Crippen LogP contribution in [-0.4, -0.2) is 10.2 Å². The van der Waals surface area contributed by atoms with E-state index in [1.807, 2.05) is 26.0 Å². The van der Waals surface area contributed by atoms with Gasteiger partial charge in [0.25, 0.3) is 0 Å². The van der Waals surface area contributed by atoms with Gasteiger partial charge in [-0.3, -0.25) is 0 Å². The van der Waals surface area contributed by atoms with E-state index in [2.05, 4.69) is 96.2 Å². The lowest BCUT2D eigenvalue weighted by Gasteiger charge is -2.39. The van der Waals surface area contributed by atoms with E-state index in [1.54, 1.807) is 5.57 Å². The second kappa shape index (κ2) is 10.4. The summed E-state index contributed by atoms with van der Waals surface area (Å²) >= 11 is 0. The predicted octanol–water partition coefficient (Wildman–Crippen LogP) is 10.8. The van der Waals surface area contributed by atoms with Crippen molar-refractivity contribution in [2.45, 2.75) is 104 Å². The van der Waals surface area contributed by atoms with Gasteiger partial charge < -0.3 is 10.2 Å². The van der Waals surface area contributed by atoms with Gasteiger partial charge in [0.05, 0.1) is 0 Å². The number of hydrogen-bond acceptors (Lipinski definition) is 2. The van der Waals surface area contributed by atoms with E-state index < -0.39 is 5.79 Å². The van der Waals surface area contributed by atoms with Gasteiger partial charge in [0.2, 0.25) is 0 Å². The lowest BCUT2D eigenvalue weighted by molar-refractivity contribution is -0.200. The van der Waals surface area contributed by atoms with Crippen molar-refractivity contribution in [1.29, 1.82) is 0 Å². The molecule has 2 nitrogen and oxygen atoms in total. The van der Waals surface area contributed by atoms with Crippen LogP contribution >= 0.6 is 0 Å². The number of rotatable bonds is 8. The summed E-state index contributed by atoms with van der Waals surface area (Å²) in [4.78, 5) is 0. The fourth-order valence-electron chi connectivity index (χ4n) is 9.45. The van der Waals surface area contributed by atoms with Gasteiger partial charge in [-0.15, -0.1) is 0 Å². The summed E-state index contributed by atoms with van der Waals surface area (Å²) in [5.74, 6) is -1.25. The highest BCUT2D eigenvalue weighted by molar-refractivity contribution is 6.13. The molecule has 0 saturated carbocycles. The van der Waals surface area contributed by atoms with Crippen LogP contribution in [0, 0.1) is 17.8 Å². The van der Waals surface area contributed by atoms with Gasteiger partial charge in [0.1, 0.15) is 0 Å². The Morgan fingerprint density at radius 1 is 0.756 bits per heavy atom. The minimum absolute atomic E-state index is 0.252. The van der Waals surface area contributed by atoms with Crippen LogP contribution < -0.4 is 0 Å². The highest BCUT2D eigenvalue weighted by Crippen LogP contribution is 2.64. The van der Waals surface area contributed by atoms with Crippen LogP contribution in [0.2, 0.25) is 0 Å². The maximum absolute atomic E-state index is 11.6. The van der Waals surface area contributed by atoms with Crippen molar-refractivity contribution in [3.63, 3.8) is 0 Å². The number of hydrogen-bond donors (Lipinski definition) is 2. The van der Waals surface area contributed by atoms with E-state index in [1.165, 1.54) is 49.7 Å². The van der Waals surface area contributed by atoms with Crippen LogP contribution in [0.15, 0.2) is 77.9 Å². The maximum atomic E-state index is 11.6. The summed E-state index contributed by atoms with van der Waals surface area (Å²) < 4.78 is 0. The Morgan fingerprint density at radius 2 is 1.44 bits per heavy atom. The van der Waals surface area contributed by atoms with Crippen LogP contribution in [0.5, 0.6) is 0 Å². The largest absolute Gasteiger partial charge is 0.362 e. The summed E-state index contributed by atoms with van der Waals surface area (Å²) in [5.41, 5.74) is 11.4. The molecule has 2 heteroatoms. The molecular weight excluding hydrogens is 548 g/mol. The van der Waals surface area contributed by atoms with Gasteiger partial charge in [0, 0.05) is 22.3 Å². The third-order valence-electron chi connectivity index (χ3n) is 12.2. The molecular formula is C43H50O2. The van der Waals surface area contributed by atoms with E-state index in [0.29, 0.717) is 17.4 Å². The molecule has 3 aliphatic carbocycles.